The number of halogens is 1. The summed E-state index contributed by atoms with van der Waals surface area (Å²) in [5.41, 5.74) is 7.61. The minimum atomic E-state index is 0.695. The summed E-state index contributed by atoms with van der Waals surface area (Å²) in [4.78, 5) is 4.45. The standard InChI is InChI=1S/C11H13BrN4/c1-3-9-14-11(16(2)15-9)7-5-4-6-8(12)10(7)13/h4-6H,3,13H2,1-2H3. The van der Waals surface area contributed by atoms with Crippen LogP contribution in [0, 0.1) is 0 Å². The van der Waals surface area contributed by atoms with Gasteiger partial charge in [0.2, 0.25) is 0 Å². The summed E-state index contributed by atoms with van der Waals surface area (Å²) in [5.74, 6) is 1.63. The van der Waals surface area contributed by atoms with Crippen LogP contribution in [0.3, 0.4) is 0 Å². The highest BCUT2D eigenvalue weighted by Crippen LogP contribution is 2.30. The molecule has 2 N–H and O–H groups in total. The van der Waals surface area contributed by atoms with Gasteiger partial charge in [-0.1, -0.05) is 13.0 Å². The Morgan fingerprint density at radius 1 is 1.44 bits per heavy atom. The summed E-state index contributed by atoms with van der Waals surface area (Å²) < 4.78 is 2.64. The Labute approximate surface area is 103 Å². The van der Waals surface area contributed by atoms with Gasteiger partial charge < -0.3 is 5.73 Å². The zero-order valence-corrected chi connectivity index (χ0v) is 10.8. The van der Waals surface area contributed by atoms with Gasteiger partial charge in [0.15, 0.2) is 11.6 Å². The second-order valence-electron chi connectivity index (χ2n) is 3.53. The Kier molecular flexibility index (Phi) is 2.96. The first-order valence-corrected chi connectivity index (χ1v) is 5.87. The molecule has 0 radical (unpaired) electrons. The first-order valence-electron chi connectivity index (χ1n) is 5.07. The van der Waals surface area contributed by atoms with E-state index in [1.807, 2.05) is 32.2 Å². The maximum Gasteiger partial charge on any atom is 0.160 e. The molecule has 5 heteroatoms. The van der Waals surface area contributed by atoms with Crippen LogP contribution >= 0.6 is 15.9 Å². The molecule has 0 atom stereocenters. The average molecular weight is 281 g/mol. The molecule has 2 aromatic rings. The summed E-state index contributed by atoms with van der Waals surface area (Å²) in [5, 5.41) is 4.31. The van der Waals surface area contributed by atoms with E-state index in [-0.39, 0.29) is 0 Å². The summed E-state index contributed by atoms with van der Waals surface area (Å²) >= 11 is 3.41. The number of nitrogens with zero attached hydrogens (tertiary/aromatic N) is 3. The molecular formula is C11H13BrN4. The van der Waals surface area contributed by atoms with E-state index in [0.717, 1.165) is 28.1 Å². The second-order valence-corrected chi connectivity index (χ2v) is 4.38. The molecule has 84 valence electrons. The molecular weight excluding hydrogens is 268 g/mol. The molecule has 0 spiro atoms. The van der Waals surface area contributed by atoms with E-state index >= 15 is 0 Å². The van der Waals surface area contributed by atoms with E-state index < -0.39 is 0 Å². The zero-order valence-electron chi connectivity index (χ0n) is 9.24. The Morgan fingerprint density at radius 2 is 2.19 bits per heavy atom. The van der Waals surface area contributed by atoms with Gasteiger partial charge in [-0.25, -0.2) is 9.67 Å². The summed E-state index contributed by atoms with van der Waals surface area (Å²) in [7, 11) is 1.88. The largest absolute Gasteiger partial charge is 0.397 e. The van der Waals surface area contributed by atoms with E-state index in [2.05, 4.69) is 26.0 Å². The number of hydrogen-bond acceptors (Lipinski definition) is 3. The normalized spacial score (nSPS) is 10.7. The zero-order chi connectivity index (χ0) is 11.7. The van der Waals surface area contributed by atoms with E-state index in [9.17, 15) is 0 Å². The van der Waals surface area contributed by atoms with Crippen LogP contribution in [0.5, 0.6) is 0 Å². The third kappa shape index (κ3) is 1.82. The van der Waals surface area contributed by atoms with Crippen molar-refractivity contribution in [2.45, 2.75) is 13.3 Å². The van der Waals surface area contributed by atoms with Crippen molar-refractivity contribution in [1.29, 1.82) is 0 Å². The molecule has 1 heterocycles. The minimum Gasteiger partial charge on any atom is -0.397 e. The van der Waals surface area contributed by atoms with Gasteiger partial charge >= 0.3 is 0 Å². The fraction of sp³-hybridized carbons (Fsp3) is 0.273. The maximum absolute atomic E-state index is 6.01. The van der Waals surface area contributed by atoms with Crippen molar-refractivity contribution in [3.8, 4) is 11.4 Å². The number of para-hydroxylation sites is 1. The quantitative estimate of drug-likeness (QED) is 0.860. The lowest BCUT2D eigenvalue weighted by Gasteiger charge is -2.05. The Hall–Kier alpha value is -1.36. The van der Waals surface area contributed by atoms with E-state index in [1.165, 1.54) is 0 Å². The molecule has 2 rings (SSSR count). The highest BCUT2D eigenvalue weighted by molar-refractivity contribution is 9.10. The van der Waals surface area contributed by atoms with E-state index in [4.69, 9.17) is 5.73 Å². The SMILES string of the molecule is CCc1nc(-c2cccc(Br)c2N)n(C)n1. The van der Waals surface area contributed by atoms with Gasteiger partial charge in [0.25, 0.3) is 0 Å². The van der Waals surface area contributed by atoms with Crippen molar-refractivity contribution in [2.24, 2.45) is 7.05 Å². The Balaban J connectivity index is 2.58. The lowest BCUT2D eigenvalue weighted by molar-refractivity contribution is 0.753. The van der Waals surface area contributed by atoms with Gasteiger partial charge in [0.05, 0.1) is 5.69 Å². The fourth-order valence-electron chi connectivity index (χ4n) is 1.55. The number of aryl methyl sites for hydroxylation is 2. The van der Waals surface area contributed by atoms with Crippen LogP contribution in [0.25, 0.3) is 11.4 Å². The molecule has 1 aromatic carbocycles. The van der Waals surface area contributed by atoms with Crippen molar-refractivity contribution < 1.29 is 0 Å². The molecule has 16 heavy (non-hydrogen) atoms. The number of aromatic nitrogens is 3. The highest BCUT2D eigenvalue weighted by atomic mass is 79.9. The molecule has 1 aromatic heterocycles. The first kappa shape index (κ1) is 11.1. The van der Waals surface area contributed by atoms with Crippen LogP contribution < -0.4 is 5.73 Å². The third-order valence-corrected chi connectivity index (χ3v) is 3.11. The van der Waals surface area contributed by atoms with E-state index in [0.29, 0.717) is 5.69 Å². The van der Waals surface area contributed by atoms with E-state index in [1.54, 1.807) is 4.68 Å². The monoisotopic (exact) mass is 280 g/mol. The van der Waals surface area contributed by atoms with Crippen molar-refractivity contribution in [3.05, 3.63) is 28.5 Å². The number of anilines is 1. The van der Waals surface area contributed by atoms with Crippen LogP contribution in [0.1, 0.15) is 12.7 Å². The first-order chi connectivity index (χ1) is 7.63. The topological polar surface area (TPSA) is 56.7 Å². The van der Waals surface area contributed by atoms with Crippen molar-refractivity contribution in [1.82, 2.24) is 14.8 Å². The molecule has 0 aliphatic rings. The van der Waals surface area contributed by atoms with Crippen LogP contribution in [0.2, 0.25) is 0 Å². The molecule has 0 saturated carbocycles. The summed E-state index contributed by atoms with van der Waals surface area (Å²) in [6.07, 6.45) is 0.821. The lowest BCUT2D eigenvalue weighted by Crippen LogP contribution is -1.98. The smallest absolute Gasteiger partial charge is 0.160 e. The molecule has 0 aliphatic carbocycles. The second kappa shape index (κ2) is 4.25. The molecule has 0 saturated heterocycles. The molecule has 0 unspecified atom stereocenters. The summed E-state index contributed by atoms with van der Waals surface area (Å²) in [6, 6.07) is 5.80. The number of nitrogen functional groups attached to an aromatic ring is 1. The molecule has 0 aliphatic heterocycles. The van der Waals surface area contributed by atoms with Gasteiger partial charge in [-0.3, -0.25) is 0 Å². The predicted molar refractivity (Wildman–Crippen MR) is 67.9 cm³/mol. The van der Waals surface area contributed by atoms with Crippen molar-refractivity contribution in [2.75, 3.05) is 5.73 Å². The Morgan fingerprint density at radius 3 is 2.81 bits per heavy atom. The van der Waals surface area contributed by atoms with Gasteiger partial charge in [0.1, 0.15) is 0 Å². The molecule has 4 nitrogen and oxygen atoms in total. The molecule has 0 amide bonds. The minimum absolute atomic E-state index is 0.695. The number of benzene rings is 1. The average Bonchev–Trinajstić information content (AvgIpc) is 2.64. The van der Waals surface area contributed by atoms with Crippen molar-refractivity contribution in [3.63, 3.8) is 0 Å². The highest BCUT2D eigenvalue weighted by Gasteiger charge is 2.12. The van der Waals surface area contributed by atoms with Crippen LogP contribution in [-0.2, 0) is 13.5 Å². The van der Waals surface area contributed by atoms with Crippen LogP contribution in [0.4, 0.5) is 5.69 Å². The van der Waals surface area contributed by atoms with Gasteiger partial charge in [0, 0.05) is 23.5 Å². The number of hydrogen-bond donors (Lipinski definition) is 1. The summed E-state index contributed by atoms with van der Waals surface area (Å²) in [6.45, 7) is 2.03. The Bertz CT molecular complexity index is 519. The van der Waals surface area contributed by atoms with Gasteiger partial charge in [-0.15, -0.1) is 0 Å². The fourth-order valence-corrected chi connectivity index (χ4v) is 1.92. The molecule has 0 fully saturated rings. The van der Waals surface area contributed by atoms with Crippen molar-refractivity contribution >= 4 is 21.6 Å². The predicted octanol–water partition coefficient (Wildman–Crippen LogP) is 2.39. The van der Waals surface area contributed by atoms with Crippen LogP contribution in [0.15, 0.2) is 22.7 Å². The number of rotatable bonds is 2. The van der Waals surface area contributed by atoms with Gasteiger partial charge in [-0.2, -0.15) is 5.10 Å². The maximum atomic E-state index is 6.01. The number of nitrogens with two attached hydrogens (primary N) is 1. The third-order valence-electron chi connectivity index (χ3n) is 2.42. The lowest BCUT2D eigenvalue weighted by atomic mass is 10.2. The molecule has 0 bridgehead atoms. The van der Waals surface area contributed by atoms with Crippen LogP contribution in [-0.4, -0.2) is 14.8 Å². The van der Waals surface area contributed by atoms with Gasteiger partial charge in [-0.05, 0) is 28.1 Å².